The topological polar surface area (TPSA) is 8.81 Å². The van der Waals surface area contributed by atoms with Crippen molar-refractivity contribution in [3.05, 3.63) is 77.2 Å². The van der Waals surface area contributed by atoms with E-state index in [2.05, 4.69) is 57.8 Å². The number of imidazole rings is 1. The molecule has 0 saturated heterocycles. The van der Waals surface area contributed by atoms with Crippen LogP contribution in [0.4, 0.5) is 0 Å². The third-order valence-electron chi connectivity index (χ3n) is 4.33. The van der Waals surface area contributed by atoms with Crippen molar-refractivity contribution in [2.75, 3.05) is 0 Å². The third-order valence-corrected chi connectivity index (χ3v) is 4.58. The minimum atomic E-state index is 0. The highest BCUT2D eigenvalue weighted by molar-refractivity contribution is 6.30. The molecule has 3 aromatic rings. The molecule has 0 bridgehead atoms. The lowest BCUT2D eigenvalue weighted by Gasteiger charge is -2.00. The van der Waals surface area contributed by atoms with Gasteiger partial charge in [-0.1, -0.05) is 54.1 Å². The van der Waals surface area contributed by atoms with E-state index in [0.717, 1.165) is 24.5 Å². The molecule has 1 aromatic heterocycles. The van der Waals surface area contributed by atoms with Crippen molar-refractivity contribution in [2.45, 2.75) is 25.9 Å². The van der Waals surface area contributed by atoms with Gasteiger partial charge < -0.3 is 12.4 Å². The Hall–Kier alpha value is -1.77. The summed E-state index contributed by atoms with van der Waals surface area (Å²) in [5.74, 6) is 1.42. The summed E-state index contributed by atoms with van der Waals surface area (Å²) in [6.45, 7) is 2.02. The minimum Gasteiger partial charge on any atom is -1.00 e. The molecule has 0 spiro atoms. The summed E-state index contributed by atoms with van der Waals surface area (Å²) in [5, 5.41) is 0.792. The number of hydrogen-bond donors (Lipinski definition) is 0. The van der Waals surface area contributed by atoms with Crippen LogP contribution >= 0.6 is 11.6 Å². The first-order valence-corrected chi connectivity index (χ1v) is 8.11. The minimum absolute atomic E-state index is 0. The van der Waals surface area contributed by atoms with Gasteiger partial charge in [0.15, 0.2) is 5.69 Å². The Morgan fingerprint density at radius 2 is 1.74 bits per heavy atom. The van der Waals surface area contributed by atoms with Crippen LogP contribution in [0.5, 0.6) is 0 Å². The van der Waals surface area contributed by atoms with Gasteiger partial charge in [0.2, 0.25) is 0 Å². The molecule has 1 aliphatic heterocycles. The van der Waals surface area contributed by atoms with E-state index in [4.69, 9.17) is 11.6 Å². The predicted octanol–water partition coefficient (Wildman–Crippen LogP) is 1.09. The van der Waals surface area contributed by atoms with Gasteiger partial charge in [0.05, 0.1) is 13.0 Å². The summed E-state index contributed by atoms with van der Waals surface area (Å²) < 4.78 is 4.85. The summed E-state index contributed by atoms with van der Waals surface area (Å²) >= 11 is 5.98. The second-order valence-corrected chi connectivity index (χ2v) is 6.24. The van der Waals surface area contributed by atoms with Crippen LogP contribution in [0, 0.1) is 0 Å². The van der Waals surface area contributed by atoms with Gasteiger partial charge in [-0.3, -0.25) is 0 Å². The molecule has 2 nitrogen and oxygen atoms in total. The molecule has 0 radical (unpaired) electrons. The van der Waals surface area contributed by atoms with Crippen molar-refractivity contribution in [3.8, 4) is 11.3 Å². The Bertz CT molecular complexity index is 792. The number of hydrogen-bond acceptors (Lipinski definition) is 0. The summed E-state index contributed by atoms with van der Waals surface area (Å²) in [4.78, 5) is 0. The molecule has 2 aromatic carbocycles. The molecule has 0 unspecified atom stereocenters. The molecule has 0 aliphatic carbocycles. The van der Waals surface area contributed by atoms with E-state index in [0.29, 0.717) is 0 Å². The van der Waals surface area contributed by atoms with Crippen molar-refractivity contribution in [2.24, 2.45) is 0 Å². The van der Waals surface area contributed by atoms with Crippen LogP contribution in [0.2, 0.25) is 5.02 Å². The maximum atomic E-state index is 5.98. The first kappa shape index (κ1) is 16.1. The zero-order chi connectivity index (χ0) is 14.9. The van der Waals surface area contributed by atoms with Gasteiger partial charge in [-0.05, 0) is 24.1 Å². The van der Waals surface area contributed by atoms with Crippen LogP contribution in [-0.2, 0) is 19.5 Å². The molecule has 1 aliphatic rings. The highest BCUT2D eigenvalue weighted by Gasteiger charge is 2.28. The lowest BCUT2D eigenvalue weighted by molar-refractivity contribution is -0.694. The van der Waals surface area contributed by atoms with Crippen LogP contribution in [0.25, 0.3) is 11.3 Å². The predicted molar refractivity (Wildman–Crippen MR) is 88.9 cm³/mol. The average molecular weight is 345 g/mol. The second kappa shape index (κ2) is 6.77. The van der Waals surface area contributed by atoms with E-state index in [9.17, 15) is 0 Å². The standard InChI is InChI=1S/C19H18ClN2.ClH/c20-17-10-8-15(9-11-17)13-21-14-18(16-5-2-1-3-6-16)22-12-4-7-19(21)22;/h1-3,5-6,8-11,14H,4,7,12-13H2;1H/q+1;/p-1. The van der Waals surface area contributed by atoms with Gasteiger partial charge in [0.1, 0.15) is 12.7 Å². The molecule has 4 rings (SSSR count). The highest BCUT2D eigenvalue weighted by Crippen LogP contribution is 2.24. The number of aromatic nitrogens is 2. The lowest BCUT2D eigenvalue weighted by Crippen LogP contribution is -3.00. The molecular weight excluding hydrogens is 327 g/mol. The Morgan fingerprint density at radius 1 is 1.00 bits per heavy atom. The van der Waals surface area contributed by atoms with E-state index >= 15 is 0 Å². The fourth-order valence-electron chi connectivity index (χ4n) is 3.27. The van der Waals surface area contributed by atoms with Crippen LogP contribution in [0.3, 0.4) is 0 Å². The summed E-state index contributed by atoms with van der Waals surface area (Å²) in [7, 11) is 0. The first-order valence-electron chi connectivity index (χ1n) is 7.73. The number of halogens is 2. The van der Waals surface area contributed by atoms with Crippen molar-refractivity contribution in [1.29, 1.82) is 0 Å². The molecule has 23 heavy (non-hydrogen) atoms. The number of benzene rings is 2. The maximum absolute atomic E-state index is 5.98. The maximum Gasteiger partial charge on any atom is 0.257 e. The Balaban J connectivity index is 0.00000156. The van der Waals surface area contributed by atoms with Gasteiger partial charge in [-0.25, -0.2) is 9.13 Å². The molecule has 0 saturated carbocycles. The van der Waals surface area contributed by atoms with Gasteiger partial charge >= 0.3 is 0 Å². The largest absolute Gasteiger partial charge is 1.00 e. The van der Waals surface area contributed by atoms with Crippen LogP contribution in [0.15, 0.2) is 60.8 Å². The van der Waals surface area contributed by atoms with Crippen molar-refractivity contribution >= 4 is 11.6 Å². The zero-order valence-electron chi connectivity index (χ0n) is 12.8. The third kappa shape index (κ3) is 3.15. The number of rotatable bonds is 3. The van der Waals surface area contributed by atoms with E-state index in [1.165, 1.54) is 29.1 Å². The number of fused-ring (bicyclic) bond motifs is 1. The Kier molecular flexibility index (Phi) is 4.74. The highest BCUT2D eigenvalue weighted by atomic mass is 35.5. The van der Waals surface area contributed by atoms with Gasteiger partial charge in [0, 0.05) is 10.6 Å². The summed E-state index contributed by atoms with van der Waals surface area (Å²) in [6, 6.07) is 18.8. The quantitative estimate of drug-likeness (QED) is 0.629. The zero-order valence-corrected chi connectivity index (χ0v) is 14.3. The molecule has 0 fully saturated rings. The first-order chi connectivity index (χ1) is 10.8. The van der Waals surface area contributed by atoms with E-state index in [1.54, 1.807) is 0 Å². The van der Waals surface area contributed by atoms with E-state index < -0.39 is 0 Å². The molecule has 0 atom stereocenters. The number of nitrogens with zero attached hydrogens (tertiary/aromatic N) is 2. The van der Waals surface area contributed by atoms with Crippen molar-refractivity contribution < 1.29 is 17.0 Å². The molecule has 0 N–H and O–H groups in total. The normalized spacial score (nSPS) is 12.7. The van der Waals surface area contributed by atoms with Gasteiger partial charge in [-0.15, -0.1) is 0 Å². The summed E-state index contributed by atoms with van der Waals surface area (Å²) in [6.07, 6.45) is 4.68. The van der Waals surface area contributed by atoms with Gasteiger partial charge in [0.25, 0.3) is 5.82 Å². The fraction of sp³-hybridized carbons (Fsp3) is 0.211. The van der Waals surface area contributed by atoms with Crippen LogP contribution in [0.1, 0.15) is 17.8 Å². The molecule has 2 heterocycles. The second-order valence-electron chi connectivity index (χ2n) is 5.81. The van der Waals surface area contributed by atoms with E-state index in [1.807, 2.05) is 12.1 Å². The smallest absolute Gasteiger partial charge is 0.257 e. The van der Waals surface area contributed by atoms with E-state index in [-0.39, 0.29) is 12.4 Å². The monoisotopic (exact) mass is 344 g/mol. The van der Waals surface area contributed by atoms with Gasteiger partial charge in [-0.2, -0.15) is 0 Å². The Labute approximate surface area is 147 Å². The van der Waals surface area contributed by atoms with Crippen LogP contribution < -0.4 is 17.0 Å². The average Bonchev–Trinajstić information content (AvgIpc) is 3.14. The lowest BCUT2D eigenvalue weighted by atomic mass is 10.1. The molecule has 4 heteroatoms. The SMILES string of the molecule is Clc1ccc(C[n+]2cc(-c3ccccc3)n3c2CCC3)cc1.[Cl-]. The van der Waals surface area contributed by atoms with Crippen LogP contribution in [-0.4, -0.2) is 4.57 Å². The van der Waals surface area contributed by atoms with Crippen molar-refractivity contribution in [1.82, 2.24) is 4.57 Å². The summed E-state index contributed by atoms with van der Waals surface area (Å²) in [5.41, 5.74) is 3.90. The molecular formula is C19H18Cl2N2. The molecule has 0 amide bonds. The Morgan fingerprint density at radius 3 is 2.48 bits per heavy atom. The fourth-order valence-corrected chi connectivity index (χ4v) is 3.40. The molecule has 118 valence electrons. The van der Waals surface area contributed by atoms with Crippen molar-refractivity contribution in [3.63, 3.8) is 0 Å².